The summed E-state index contributed by atoms with van der Waals surface area (Å²) in [6, 6.07) is 20.3. The number of hydrogen-bond acceptors (Lipinski definition) is 3. The largest absolute Gasteiger partial charge is 0.450 e. The molecule has 0 aliphatic carbocycles. The molecule has 4 rings (SSSR count). The monoisotopic (exact) mass is 363 g/mol. The summed E-state index contributed by atoms with van der Waals surface area (Å²) < 4.78 is 5.86. The maximum Gasteiger partial charge on any atom is 0.239 e. The second-order valence-electron chi connectivity index (χ2n) is 5.84. The number of ketones is 1. The summed E-state index contributed by atoms with van der Waals surface area (Å²) in [6.07, 6.45) is 0. The topological polar surface area (TPSA) is 59.3 Å². The molecule has 0 aliphatic heterocycles. The predicted octanol–water partition coefficient (Wildman–Crippen LogP) is 4.99. The Morgan fingerprint density at radius 1 is 0.923 bits per heavy atom. The van der Waals surface area contributed by atoms with Gasteiger partial charge >= 0.3 is 0 Å². The van der Waals surface area contributed by atoms with Gasteiger partial charge in [-0.1, -0.05) is 60.7 Å². The van der Waals surface area contributed by atoms with Crippen molar-refractivity contribution >= 4 is 50.7 Å². The van der Waals surface area contributed by atoms with E-state index >= 15 is 0 Å². The number of fused-ring (bicyclic) bond motifs is 3. The number of halogens is 1. The van der Waals surface area contributed by atoms with Gasteiger partial charge in [0, 0.05) is 5.56 Å². The number of benzene rings is 3. The summed E-state index contributed by atoms with van der Waals surface area (Å²) in [5.74, 6) is -0.808. The van der Waals surface area contributed by atoms with E-state index in [1.54, 1.807) is 30.3 Å². The highest BCUT2D eigenvalue weighted by Gasteiger charge is 2.24. The van der Waals surface area contributed by atoms with Gasteiger partial charge in [0.25, 0.3) is 0 Å². The third-order valence-corrected chi connectivity index (χ3v) is 4.45. The van der Waals surface area contributed by atoms with Gasteiger partial charge in [0.2, 0.25) is 11.7 Å². The van der Waals surface area contributed by atoms with E-state index in [1.807, 2.05) is 36.4 Å². The van der Waals surface area contributed by atoms with Crippen molar-refractivity contribution in [3.05, 3.63) is 78.1 Å². The normalized spacial score (nSPS) is 11.0. The van der Waals surface area contributed by atoms with Gasteiger partial charge in [-0.3, -0.25) is 9.59 Å². The first-order valence-corrected chi connectivity index (χ1v) is 8.62. The molecule has 128 valence electrons. The molecule has 5 heteroatoms. The van der Waals surface area contributed by atoms with E-state index in [0.717, 1.165) is 10.8 Å². The highest BCUT2D eigenvalue weighted by Crippen LogP contribution is 2.37. The molecule has 0 fully saturated rings. The molecule has 0 atom stereocenters. The van der Waals surface area contributed by atoms with Gasteiger partial charge in [-0.25, -0.2) is 0 Å². The van der Waals surface area contributed by atoms with Crippen molar-refractivity contribution in [2.75, 3.05) is 11.2 Å². The molecule has 4 aromatic rings. The van der Waals surface area contributed by atoms with Gasteiger partial charge in [0.1, 0.15) is 11.5 Å². The van der Waals surface area contributed by atoms with Crippen molar-refractivity contribution in [3.63, 3.8) is 0 Å². The molecule has 1 amide bonds. The molecule has 0 radical (unpaired) electrons. The summed E-state index contributed by atoms with van der Waals surface area (Å²) >= 11 is 5.66. The van der Waals surface area contributed by atoms with Crippen LogP contribution in [0.2, 0.25) is 0 Å². The number of furan rings is 1. The van der Waals surface area contributed by atoms with Crippen molar-refractivity contribution < 1.29 is 14.0 Å². The highest BCUT2D eigenvalue weighted by molar-refractivity contribution is 6.30. The van der Waals surface area contributed by atoms with Crippen molar-refractivity contribution in [1.29, 1.82) is 0 Å². The third-order valence-electron chi connectivity index (χ3n) is 4.21. The van der Waals surface area contributed by atoms with Crippen LogP contribution in [0.25, 0.3) is 21.7 Å². The maximum absolute atomic E-state index is 13.0. The van der Waals surface area contributed by atoms with Crippen molar-refractivity contribution in [2.24, 2.45) is 0 Å². The maximum atomic E-state index is 13.0. The Kier molecular flexibility index (Phi) is 4.19. The van der Waals surface area contributed by atoms with E-state index in [-0.39, 0.29) is 17.4 Å². The molecule has 0 saturated heterocycles. The van der Waals surface area contributed by atoms with Crippen LogP contribution in [-0.4, -0.2) is 17.6 Å². The van der Waals surface area contributed by atoms with Crippen LogP contribution in [-0.2, 0) is 4.79 Å². The zero-order valence-electron chi connectivity index (χ0n) is 13.7. The molecule has 1 aromatic heterocycles. The second-order valence-corrected chi connectivity index (χ2v) is 6.11. The number of carbonyl (C=O) groups excluding carboxylic acids is 2. The Morgan fingerprint density at radius 3 is 2.42 bits per heavy atom. The molecule has 1 N–H and O–H groups in total. The summed E-state index contributed by atoms with van der Waals surface area (Å²) in [4.78, 5) is 24.9. The third kappa shape index (κ3) is 2.74. The van der Waals surface area contributed by atoms with Crippen LogP contribution in [0.3, 0.4) is 0 Å². The standard InChI is InChI=1S/C21H14ClNO3/c22-12-17(24)23-19-18-15-9-5-4-6-13(15)10-11-16(18)26-21(19)20(25)14-7-2-1-3-8-14/h1-11H,12H2,(H,23,24). The van der Waals surface area contributed by atoms with Gasteiger partial charge in [-0.05, 0) is 16.8 Å². The second kappa shape index (κ2) is 6.65. The molecule has 1 heterocycles. The first kappa shape index (κ1) is 16.4. The van der Waals surface area contributed by atoms with Gasteiger partial charge in [0.05, 0.1) is 11.1 Å². The average molecular weight is 364 g/mol. The molecule has 0 saturated carbocycles. The van der Waals surface area contributed by atoms with Crippen LogP contribution in [0.1, 0.15) is 16.1 Å². The van der Waals surface area contributed by atoms with Crippen LogP contribution in [0.5, 0.6) is 0 Å². The van der Waals surface area contributed by atoms with E-state index < -0.39 is 5.91 Å². The van der Waals surface area contributed by atoms with E-state index in [1.165, 1.54) is 0 Å². The Bertz CT molecular complexity index is 1130. The van der Waals surface area contributed by atoms with Crippen LogP contribution in [0.4, 0.5) is 5.69 Å². The zero-order valence-corrected chi connectivity index (χ0v) is 14.4. The average Bonchev–Trinajstić information content (AvgIpc) is 3.06. The molecule has 3 aromatic carbocycles. The summed E-state index contributed by atoms with van der Waals surface area (Å²) in [5.41, 5.74) is 1.38. The molecule has 0 unspecified atom stereocenters. The Hall–Kier alpha value is -3.11. The summed E-state index contributed by atoms with van der Waals surface area (Å²) in [6.45, 7) is 0. The number of amides is 1. The molecule has 26 heavy (non-hydrogen) atoms. The minimum Gasteiger partial charge on any atom is -0.450 e. The SMILES string of the molecule is O=C(CCl)Nc1c(C(=O)c2ccccc2)oc2ccc3ccccc3c12. The molecular formula is C21H14ClNO3. The van der Waals surface area contributed by atoms with E-state index in [0.29, 0.717) is 22.2 Å². The van der Waals surface area contributed by atoms with Gasteiger partial charge < -0.3 is 9.73 Å². The van der Waals surface area contributed by atoms with Crippen LogP contribution in [0.15, 0.2) is 71.1 Å². The first-order valence-electron chi connectivity index (χ1n) is 8.09. The number of hydrogen-bond donors (Lipinski definition) is 1. The first-order chi connectivity index (χ1) is 12.7. The smallest absolute Gasteiger partial charge is 0.239 e. The number of nitrogens with one attached hydrogen (secondary N) is 1. The highest BCUT2D eigenvalue weighted by atomic mass is 35.5. The lowest BCUT2D eigenvalue weighted by Crippen LogP contribution is -2.15. The van der Waals surface area contributed by atoms with Gasteiger partial charge in [-0.2, -0.15) is 0 Å². The van der Waals surface area contributed by atoms with Gasteiger partial charge in [0.15, 0.2) is 5.76 Å². The lowest BCUT2D eigenvalue weighted by molar-refractivity contribution is -0.113. The number of carbonyl (C=O) groups is 2. The molecule has 0 aliphatic rings. The predicted molar refractivity (Wildman–Crippen MR) is 103 cm³/mol. The van der Waals surface area contributed by atoms with Crippen LogP contribution >= 0.6 is 11.6 Å². The molecule has 4 nitrogen and oxygen atoms in total. The van der Waals surface area contributed by atoms with E-state index in [4.69, 9.17) is 16.0 Å². The minimum absolute atomic E-state index is 0.0982. The van der Waals surface area contributed by atoms with Crippen LogP contribution < -0.4 is 5.32 Å². The Labute approximate surface area is 154 Å². The fraction of sp³-hybridized carbons (Fsp3) is 0.0476. The fourth-order valence-corrected chi connectivity index (χ4v) is 3.11. The van der Waals surface area contributed by atoms with Crippen molar-refractivity contribution in [2.45, 2.75) is 0 Å². The number of rotatable bonds is 4. The Morgan fingerprint density at radius 2 is 1.65 bits per heavy atom. The molecular weight excluding hydrogens is 350 g/mol. The molecule has 0 spiro atoms. The molecule has 0 bridgehead atoms. The lowest BCUT2D eigenvalue weighted by Gasteiger charge is -2.05. The van der Waals surface area contributed by atoms with Crippen molar-refractivity contribution in [3.8, 4) is 0 Å². The quantitative estimate of drug-likeness (QED) is 0.410. The Balaban J connectivity index is 2.00. The van der Waals surface area contributed by atoms with Gasteiger partial charge in [-0.15, -0.1) is 11.6 Å². The van der Waals surface area contributed by atoms with Crippen LogP contribution in [0, 0.1) is 0 Å². The number of anilines is 1. The minimum atomic E-state index is -0.399. The lowest BCUT2D eigenvalue weighted by atomic mass is 10.0. The van der Waals surface area contributed by atoms with E-state index in [9.17, 15) is 9.59 Å². The fourth-order valence-electron chi connectivity index (χ4n) is 3.04. The van der Waals surface area contributed by atoms with Crippen molar-refractivity contribution in [1.82, 2.24) is 0 Å². The number of alkyl halides is 1. The summed E-state index contributed by atoms with van der Waals surface area (Å²) in [7, 11) is 0. The summed E-state index contributed by atoms with van der Waals surface area (Å²) in [5, 5.41) is 5.32. The van der Waals surface area contributed by atoms with E-state index in [2.05, 4.69) is 5.32 Å². The zero-order chi connectivity index (χ0) is 18.1.